The Labute approximate surface area is 106 Å². The zero-order valence-electron chi connectivity index (χ0n) is 8.83. The van der Waals surface area contributed by atoms with Gasteiger partial charge >= 0.3 is 0 Å². The molecule has 0 radical (unpaired) electrons. The molecule has 0 bridgehead atoms. The van der Waals surface area contributed by atoms with Gasteiger partial charge in [-0.15, -0.1) is 23.1 Å². The summed E-state index contributed by atoms with van der Waals surface area (Å²) in [5, 5.41) is 5.87. The lowest BCUT2D eigenvalue weighted by Gasteiger charge is -2.10. The van der Waals surface area contributed by atoms with Gasteiger partial charge in [0.2, 0.25) is 17.6 Å². The van der Waals surface area contributed by atoms with E-state index in [9.17, 15) is 4.79 Å². The Hall–Kier alpha value is -1.34. The fourth-order valence-corrected chi connectivity index (χ4v) is 3.08. The summed E-state index contributed by atoms with van der Waals surface area (Å²) >= 11 is 3.17. The second kappa shape index (κ2) is 4.50. The van der Waals surface area contributed by atoms with E-state index in [-0.39, 0.29) is 5.91 Å². The normalized spacial score (nSPS) is 15.8. The highest BCUT2D eigenvalue weighted by molar-refractivity contribution is 8.00. The average molecular weight is 267 g/mol. The van der Waals surface area contributed by atoms with E-state index in [1.807, 2.05) is 17.5 Å². The Morgan fingerprint density at radius 2 is 2.47 bits per heavy atom. The second-order valence-electron chi connectivity index (χ2n) is 3.56. The molecule has 0 saturated carbocycles. The van der Waals surface area contributed by atoms with E-state index in [1.54, 1.807) is 28.0 Å². The zero-order valence-corrected chi connectivity index (χ0v) is 10.5. The molecule has 5 nitrogen and oxygen atoms in total. The van der Waals surface area contributed by atoms with Crippen molar-refractivity contribution in [1.29, 1.82) is 0 Å². The quantitative estimate of drug-likeness (QED) is 0.849. The molecule has 0 aromatic carbocycles. The van der Waals surface area contributed by atoms with E-state index in [1.165, 1.54) is 0 Å². The summed E-state index contributed by atoms with van der Waals surface area (Å²) in [6.45, 7) is 0.407. The SMILES string of the molecule is O=C1CSCN1Cc1nc(-c2cccs2)no1. The van der Waals surface area contributed by atoms with Crippen molar-refractivity contribution in [3.05, 3.63) is 23.4 Å². The van der Waals surface area contributed by atoms with Crippen LogP contribution in [0, 0.1) is 0 Å². The Bertz CT molecular complexity index is 523. The van der Waals surface area contributed by atoms with E-state index >= 15 is 0 Å². The molecular weight excluding hydrogens is 258 g/mol. The molecule has 17 heavy (non-hydrogen) atoms. The van der Waals surface area contributed by atoms with Crippen molar-refractivity contribution < 1.29 is 9.32 Å². The standard InChI is InChI=1S/C10H9N3O2S2/c14-9-5-16-6-13(9)4-8-11-10(12-15-8)7-2-1-3-17-7/h1-3H,4-6H2. The smallest absolute Gasteiger partial charge is 0.246 e. The summed E-state index contributed by atoms with van der Waals surface area (Å²) in [5.74, 6) is 2.46. The van der Waals surface area contributed by atoms with Crippen LogP contribution in [-0.4, -0.2) is 32.6 Å². The van der Waals surface area contributed by atoms with Crippen molar-refractivity contribution in [2.75, 3.05) is 11.6 Å². The summed E-state index contributed by atoms with van der Waals surface area (Å²) in [6.07, 6.45) is 0. The molecule has 1 fully saturated rings. The van der Waals surface area contributed by atoms with Crippen LogP contribution >= 0.6 is 23.1 Å². The third kappa shape index (κ3) is 2.20. The number of carbonyl (C=O) groups is 1. The van der Waals surface area contributed by atoms with Crippen LogP contribution < -0.4 is 0 Å². The number of thiophene rings is 1. The predicted octanol–water partition coefficient (Wildman–Crippen LogP) is 1.83. The first-order chi connectivity index (χ1) is 8.33. The van der Waals surface area contributed by atoms with Gasteiger partial charge in [0, 0.05) is 0 Å². The summed E-state index contributed by atoms with van der Waals surface area (Å²) in [6, 6.07) is 3.88. The highest BCUT2D eigenvalue weighted by Gasteiger charge is 2.23. The minimum Gasteiger partial charge on any atom is -0.337 e. The second-order valence-corrected chi connectivity index (χ2v) is 5.46. The van der Waals surface area contributed by atoms with Crippen molar-refractivity contribution in [3.63, 3.8) is 0 Å². The molecule has 1 aliphatic rings. The Kier molecular flexibility index (Phi) is 2.86. The van der Waals surface area contributed by atoms with Gasteiger partial charge in [-0.1, -0.05) is 11.2 Å². The molecule has 3 heterocycles. The lowest BCUT2D eigenvalue weighted by Crippen LogP contribution is -2.25. The summed E-state index contributed by atoms with van der Waals surface area (Å²) < 4.78 is 5.14. The van der Waals surface area contributed by atoms with Crippen LogP contribution in [0.1, 0.15) is 5.89 Å². The summed E-state index contributed by atoms with van der Waals surface area (Å²) in [4.78, 5) is 18.4. The van der Waals surface area contributed by atoms with Crippen LogP contribution in [0.2, 0.25) is 0 Å². The number of amides is 1. The molecule has 3 rings (SSSR count). The molecular formula is C10H9N3O2S2. The molecule has 0 unspecified atom stereocenters. The zero-order chi connectivity index (χ0) is 11.7. The minimum absolute atomic E-state index is 0.130. The Morgan fingerprint density at radius 3 is 3.18 bits per heavy atom. The lowest BCUT2D eigenvalue weighted by molar-refractivity contribution is -0.127. The molecule has 0 spiro atoms. The molecule has 1 saturated heterocycles. The summed E-state index contributed by atoms with van der Waals surface area (Å²) in [5.41, 5.74) is 0. The molecule has 2 aromatic heterocycles. The third-order valence-corrected chi connectivity index (χ3v) is 4.17. The van der Waals surface area contributed by atoms with Gasteiger partial charge < -0.3 is 9.42 Å². The van der Waals surface area contributed by atoms with E-state index in [0.717, 1.165) is 4.88 Å². The first kappa shape index (κ1) is 10.8. The molecule has 2 aromatic rings. The highest BCUT2D eigenvalue weighted by atomic mass is 32.2. The van der Waals surface area contributed by atoms with E-state index in [0.29, 0.717) is 29.9 Å². The van der Waals surface area contributed by atoms with Crippen molar-refractivity contribution in [2.24, 2.45) is 0 Å². The fourth-order valence-electron chi connectivity index (χ4n) is 1.53. The molecule has 1 amide bonds. The third-order valence-electron chi connectivity index (χ3n) is 2.36. The highest BCUT2D eigenvalue weighted by Crippen LogP contribution is 2.22. The maximum Gasteiger partial charge on any atom is 0.246 e. The Morgan fingerprint density at radius 1 is 1.53 bits per heavy atom. The van der Waals surface area contributed by atoms with Gasteiger partial charge in [0.1, 0.15) is 6.54 Å². The van der Waals surface area contributed by atoms with Crippen molar-refractivity contribution in [1.82, 2.24) is 15.0 Å². The van der Waals surface area contributed by atoms with Gasteiger partial charge in [0.25, 0.3) is 0 Å². The van der Waals surface area contributed by atoms with Crippen molar-refractivity contribution in [2.45, 2.75) is 6.54 Å². The van der Waals surface area contributed by atoms with Crippen LogP contribution in [0.15, 0.2) is 22.0 Å². The largest absolute Gasteiger partial charge is 0.337 e. The number of rotatable bonds is 3. The van der Waals surface area contributed by atoms with E-state index in [4.69, 9.17) is 4.52 Å². The predicted molar refractivity (Wildman–Crippen MR) is 65.5 cm³/mol. The molecule has 0 aliphatic carbocycles. The monoisotopic (exact) mass is 267 g/mol. The van der Waals surface area contributed by atoms with Gasteiger partial charge in [-0.2, -0.15) is 4.98 Å². The molecule has 88 valence electrons. The van der Waals surface area contributed by atoms with Gasteiger partial charge in [0.05, 0.1) is 16.5 Å². The Balaban J connectivity index is 1.75. The van der Waals surface area contributed by atoms with Gasteiger partial charge in [0.15, 0.2) is 0 Å². The maximum atomic E-state index is 11.4. The molecule has 1 aliphatic heterocycles. The number of hydrogen-bond acceptors (Lipinski definition) is 6. The topological polar surface area (TPSA) is 59.2 Å². The summed E-state index contributed by atoms with van der Waals surface area (Å²) in [7, 11) is 0. The number of nitrogens with zero attached hydrogens (tertiary/aromatic N) is 3. The van der Waals surface area contributed by atoms with Crippen LogP contribution in [0.5, 0.6) is 0 Å². The molecule has 7 heteroatoms. The maximum absolute atomic E-state index is 11.4. The number of aromatic nitrogens is 2. The first-order valence-corrected chi connectivity index (χ1v) is 7.08. The number of hydrogen-bond donors (Lipinski definition) is 0. The number of carbonyl (C=O) groups excluding carboxylic acids is 1. The van der Waals surface area contributed by atoms with Crippen LogP contribution in [0.3, 0.4) is 0 Å². The van der Waals surface area contributed by atoms with E-state index < -0.39 is 0 Å². The van der Waals surface area contributed by atoms with Crippen LogP contribution in [-0.2, 0) is 11.3 Å². The van der Waals surface area contributed by atoms with Gasteiger partial charge in [-0.3, -0.25) is 4.79 Å². The average Bonchev–Trinajstić information content (AvgIpc) is 3.02. The first-order valence-electron chi connectivity index (χ1n) is 5.05. The van der Waals surface area contributed by atoms with Crippen molar-refractivity contribution >= 4 is 29.0 Å². The van der Waals surface area contributed by atoms with Gasteiger partial charge in [-0.05, 0) is 11.4 Å². The van der Waals surface area contributed by atoms with Gasteiger partial charge in [-0.25, -0.2) is 0 Å². The van der Waals surface area contributed by atoms with Crippen LogP contribution in [0.25, 0.3) is 10.7 Å². The van der Waals surface area contributed by atoms with E-state index in [2.05, 4.69) is 10.1 Å². The minimum atomic E-state index is 0.130. The fraction of sp³-hybridized carbons (Fsp3) is 0.300. The van der Waals surface area contributed by atoms with Crippen molar-refractivity contribution in [3.8, 4) is 10.7 Å². The number of thioether (sulfide) groups is 1. The molecule has 0 N–H and O–H groups in total. The molecule has 0 atom stereocenters. The van der Waals surface area contributed by atoms with Crippen LogP contribution in [0.4, 0.5) is 0 Å². The lowest BCUT2D eigenvalue weighted by atomic mass is 10.4.